The lowest BCUT2D eigenvalue weighted by molar-refractivity contribution is -0.122. The summed E-state index contributed by atoms with van der Waals surface area (Å²) in [4.78, 5) is 25.0. The van der Waals surface area contributed by atoms with Crippen molar-refractivity contribution in [1.82, 2.24) is 0 Å². The number of nitrogens with one attached hydrogen (secondary N) is 2. The largest absolute Gasteiger partial charge is 0.326 e. The number of hydrogen-bond donors (Lipinski definition) is 2. The van der Waals surface area contributed by atoms with Gasteiger partial charge in [-0.3, -0.25) is 9.59 Å². The number of rotatable bonds is 4. The molecular weight excluding hydrogens is 324 g/mol. The number of anilines is 2. The molecule has 1 aliphatic carbocycles. The van der Waals surface area contributed by atoms with Gasteiger partial charge >= 0.3 is 0 Å². The smallest absolute Gasteiger partial charge is 0.228 e. The Bertz CT molecular complexity index is 836. The van der Waals surface area contributed by atoms with Crippen molar-refractivity contribution in [2.24, 2.45) is 11.8 Å². The molecule has 0 aliphatic heterocycles. The van der Waals surface area contributed by atoms with Crippen molar-refractivity contribution in [1.29, 1.82) is 0 Å². The number of hydrogen-bond acceptors (Lipinski definition) is 2. The van der Waals surface area contributed by atoms with Crippen LogP contribution < -0.4 is 10.6 Å². The molecule has 0 aromatic heterocycles. The van der Waals surface area contributed by atoms with Crippen LogP contribution in [0.1, 0.15) is 38.3 Å². The van der Waals surface area contributed by atoms with Crippen molar-refractivity contribution in [3.8, 4) is 0 Å². The number of benzene rings is 2. The Labute approximate surface area is 155 Å². The van der Waals surface area contributed by atoms with Crippen LogP contribution in [0.15, 0.2) is 48.5 Å². The van der Waals surface area contributed by atoms with E-state index in [0.29, 0.717) is 6.42 Å². The van der Waals surface area contributed by atoms with Crippen LogP contribution in [0.25, 0.3) is 0 Å². The molecule has 2 unspecified atom stereocenters. The van der Waals surface area contributed by atoms with Crippen molar-refractivity contribution in [2.45, 2.75) is 39.5 Å². The molecule has 136 valence electrons. The van der Waals surface area contributed by atoms with Gasteiger partial charge in [-0.05, 0) is 42.0 Å². The van der Waals surface area contributed by atoms with Gasteiger partial charge < -0.3 is 10.6 Å². The maximum Gasteiger partial charge on any atom is 0.228 e. The van der Waals surface area contributed by atoms with E-state index in [-0.39, 0.29) is 29.1 Å². The zero-order valence-electron chi connectivity index (χ0n) is 15.8. The highest BCUT2D eigenvalue weighted by atomic mass is 16.2. The summed E-state index contributed by atoms with van der Waals surface area (Å²) in [6.07, 6.45) is 0.598. The summed E-state index contributed by atoms with van der Waals surface area (Å²) in [5, 5.41) is 5.96. The van der Waals surface area contributed by atoms with E-state index in [0.717, 1.165) is 22.5 Å². The fourth-order valence-electron chi connectivity index (χ4n) is 3.18. The Morgan fingerprint density at radius 1 is 0.846 bits per heavy atom. The zero-order chi connectivity index (χ0) is 18.9. The molecule has 0 heterocycles. The minimum absolute atomic E-state index is 0.0605. The zero-order valence-corrected chi connectivity index (χ0v) is 15.8. The van der Waals surface area contributed by atoms with E-state index in [4.69, 9.17) is 0 Å². The molecule has 1 fully saturated rings. The van der Waals surface area contributed by atoms with Gasteiger partial charge in [-0.2, -0.15) is 0 Å². The summed E-state index contributed by atoms with van der Waals surface area (Å²) < 4.78 is 0. The van der Waals surface area contributed by atoms with Gasteiger partial charge in [0, 0.05) is 11.4 Å². The van der Waals surface area contributed by atoms with Crippen molar-refractivity contribution in [2.75, 3.05) is 10.6 Å². The molecule has 2 N–H and O–H groups in total. The third kappa shape index (κ3) is 3.96. The lowest BCUT2D eigenvalue weighted by Gasteiger charge is -2.23. The van der Waals surface area contributed by atoms with Gasteiger partial charge in [0.1, 0.15) is 0 Å². The second-order valence-corrected chi connectivity index (χ2v) is 8.04. The van der Waals surface area contributed by atoms with Crippen LogP contribution in [-0.4, -0.2) is 11.8 Å². The first-order chi connectivity index (χ1) is 12.3. The maximum atomic E-state index is 12.6. The van der Waals surface area contributed by atoms with Crippen molar-refractivity contribution >= 4 is 23.2 Å². The Kier molecular flexibility index (Phi) is 4.86. The molecule has 0 saturated heterocycles. The van der Waals surface area contributed by atoms with Gasteiger partial charge in [0.05, 0.1) is 11.8 Å². The molecule has 1 saturated carbocycles. The van der Waals surface area contributed by atoms with Gasteiger partial charge in [0.25, 0.3) is 0 Å². The van der Waals surface area contributed by atoms with Crippen molar-refractivity contribution in [3.63, 3.8) is 0 Å². The molecule has 0 spiro atoms. The number of carbonyl (C=O) groups is 2. The maximum absolute atomic E-state index is 12.6. The summed E-state index contributed by atoms with van der Waals surface area (Å²) in [5.74, 6) is -0.668. The Morgan fingerprint density at radius 2 is 1.35 bits per heavy atom. The predicted molar refractivity (Wildman–Crippen MR) is 105 cm³/mol. The Balaban J connectivity index is 1.63. The SMILES string of the molecule is Cc1ccccc1NC(=O)C1CC1C(=O)Nc1ccccc1C(C)(C)C. The Hall–Kier alpha value is -2.62. The average molecular weight is 350 g/mol. The van der Waals surface area contributed by atoms with Gasteiger partial charge in [-0.1, -0.05) is 57.2 Å². The first-order valence-electron chi connectivity index (χ1n) is 9.04. The summed E-state index contributed by atoms with van der Waals surface area (Å²) in [7, 11) is 0. The van der Waals surface area contributed by atoms with E-state index < -0.39 is 0 Å². The van der Waals surface area contributed by atoms with Crippen LogP contribution in [0.4, 0.5) is 11.4 Å². The molecule has 3 rings (SSSR count). The number of para-hydroxylation sites is 2. The highest BCUT2D eigenvalue weighted by molar-refractivity contribution is 6.03. The lowest BCUT2D eigenvalue weighted by atomic mass is 9.86. The van der Waals surface area contributed by atoms with E-state index >= 15 is 0 Å². The number of carbonyl (C=O) groups excluding carboxylic acids is 2. The molecule has 2 amide bonds. The average Bonchev–Trinajstić information content (AvgIpc) is 3.37. The highest BCUT2D eigenvalue weighted by Gasteiger charge is 2.48. The van der Waals surface area contributed by atoms with Crippen LogP contribution in [-0.2, 0) is 15.0 Å². The molecular formula is C22H26N2O2. The molecule has 0 bridgehead atoms. The van der Waals surface area contributed by atoms with Crippen LogP contribution in [0.3, 0.4) is 0 Å². The molecule has 2 aromatic carbocycles. The van der Waals surface area contributed by atoms with Crippen LogP contribution in [0, 0.1) is 18.8 Å². The standard InChI is InChI=1S/C22H26N2O2/c1-14-9-5-7-11-18(14)23-20(25)15-13-16(15)21(26)24-19-12-8-6-10-17(19)22(2,3)4/h5-12,15-16H,13H2,1-4H3,(H,23,25)(H,24,26). The molecule has 4 nitrogen and oxygen atoms in total. The van der Waals surface area contributed by atoms with Gasteiger partial charge in [-0.15, -0.1) is 0 Å². The molecule has 0 radical (unpaired) electrons. The van der Waals surface area contributed by atoms with E-state index in [1.165, 1.54) is 0 Å². The van der Waals surface area contributed by atoms with Gasteiger partial charge in [0.15, 0.2) is 0 Å². The van der Waals surface area contributed by atoms with E-state index in [9.17, 15) is 9.59 Å². The van der Waals surface area contributed by atoms with E-state index in [1.54, 1.807) is 0 Å². The molecule has 1 aliphatic rings. The quantitative estimate of drug-likeness (QED) is 0.852. The topological polar surface area (TPSA) is 58.2 Å². The monoisotopic (exact) mass is 350 g/mol. The van der Waals surface area contributed by atoms with E-state index in [1.807, 2.05) is 55.5 Å². The third-order valence-electron chi connectivity index (χ3n) is 4.86. The number of aryl methyl sites for hydroxylation is 1. The summed E-state index contributed by atoms with van der Waals surface area (Å²) >= 11 is 0. The van der Waals surface area contributed by atoms with Crippen molar-refractivity contribution in [3.05, 3.63) is 59.7 Å². The minimum atomic E-state index is -0.257. The molecule has 2 aromatic rings. The van der Waals surface area contributed by atoms with Crippen LogP contribution in [0.5, 0.6) is 0 Å². The van der Waals surface area contributed by atoms with Gasteiger partial charge in [0.2, 0.25) is 11.8 Å². The van der Waals surface area contributed by atoms with Gasteiger partial charge in [-0.25, -0.2) is 0 Å². The summed E-state index contributed by atoms with van der Waals surface area (Å²) in [5.41, 5.74) is 3.68. The van der Waals surface area contributed by atoms with Crippen LogP contribution in [0.2, 0.25) is 0 Å². The lowest BCUT2D eigenvalue weighted by Crippen LogP contribution is -2.23. The Morgan fingerprint density at radius 3 is 1.92 bits per heavy atom. The fraction of sp³-hybridized carbons (Fsp3) is 0.364. The van der Waals surface area contributed by atoms with Crippen molar-refractivity contribution < 1.29 is 9.59 Å². The molecule has 26 heavy (non-hydrogen) atoms. The van der Waals surface area contributed by atoms with Crippen LogP contribution >= 0.6 is 0 Å². The second-order valence-electron chi connectivity index (χ2n) is 8.04. The third-order valence-corrected chi connectivity index (χ3v) is 4.86. The first kappa shape index (κ1) is 18.2. The summed E-state index contributed by atoms with van der Waals surface area (Å²) in [6.45, 7) is 8.31. The molecule has 4 heteroatoms. The predicted octanol–water partition coefficient (Wildman–Crippen LogP) is 4.51. The fourth-order valence-corrected chi connectivity index (χ4v) is 3.18. The second kappa shape index (κ2) is 6.94. The highest BCUT2D eigenvalue weighted by Crippen LogP contribution is 2.41. The normalized spacial score (nSPS) is 18.9. The van der Waals surface area contributed by atoms with E-state index in [2.05, 4.69) is 31.4 Å². The first-order valence-corrected chi connectivity index (χ1v) is 9.04. The number of amides is 2. The minimum Gasteiger partial charge on any atom is -0.326 e. The molecule has 2 atom stereocenters. The summed E-state index contributed by atoms with van der Waals surface area (Å²) in [6, 6.07) is 15.5.